The van der Waals surface area contributed by atoms with Crippen LogP contribution in [0.25, 0.3) is 0 Å². The highest BCUT2D eigenvalue weighted by molar-refractivity contribution is 8.00. The van der Waals surface area contributed by atoms with E-state index in [4.69, 9.17) is 4.74 Å². The lowest BCUT2D eigenvalue weighted by atomic mass is 10.0. The molecule has 0 aromatic heterocycles. The van der Waals surface area contributed by atoms with Crippen molar-refractivity contribution in [2.75, 3.05) is 22.6 Å². The van der Waals surface area contributed by atoms with Crippen LogP contribution in [0.5, 0.6) is 0 Å². The van der Waals surface area contributed by atoms with Crippen LogP contribution < -0.4 is 10.2 Å². The van der Waals surface area contributed by atoms with E-state index in [2.05, 4.69) is 31.3 Å². The lowest BCUT2D eigenvalue weighted by Crippen LogP contribution is -2.27. The number of carbonyl (C=O) groups is 3. The monoisotopic (exact) mass is 440 g/mol. The van der Waals surface area contributed by atoms with Gasteiger partial charge < -0.3 is 10.1 Å². The van der Waals surface area contributed by atoms with Gasteiger partial charge in [-0.2, -0.15) is 0 Å². The fourth-order valence-electron chi connectivity index (χ4n) is 3.41. The second-order valence-electron chi connectivity index (χ2n) is 7.65. The van der Waals surface area contributed by atoms with Crippen molar-refractivity contribution >= 4 is 40.9 Å². The van der Waals surface area contributed by atoms with E-state index in [0.29, 0.717) is 24.0 Å². The van der Waals surface area contributed by atoms with Crippen molar-refractivity contribution in [3.05, 3.63) is 59.7 Å². The van der Waals surface area contributed by atoms with Gasteiger partial charge in [-0.3, -0.25) is 19.3 Å². The van der Waals surface area contributed by atoms with Crippen LogP contribution in [0.4, 0.5) is 11.4 Å². The van der Waals surface area contributed by atoms with Crippen molar-refractivity contribution in [3.63, 3.8) is 0 Å². The molecule has 0 bridgehead atoms. The van der Waals surface area contributed by atoms with Gasteiger partial charge in [-0.15, -0.1) is 11.8 Å². The average molecular weight is 441 g/mol. The van der Waals surface area contributed by atoms with Gasteiger partial charge in [0.15, 0.2) is 0 Å². The summed E-state index contributed by atoms with van der Waals surface area (Å²) in [5.41, 5.74) is 3.67. The molecule has 31 heavy (non-hydrogen) atoms. The van der Waals surface area contributed by atoms with Gasteiger partial charge in [0.1, 0.15) is 5.37 Å². The molecule has 7 heteroatoms. The number of nitrogens with one attached hydrogen (secondary N) is 1. The number of carbonyl (C=O) groups excluding carboxylic acids is 3. The Labute approximate surface area is 187 Å². The maximum absolute atomic E-state index is 12.6. The minimum Gasteiger partial charge on any atom is -0.466 e. The minimum atomic E-state index is -0.383. The third-order valence-corrected chi connectivity index (χ3v) is 6.24. The van der Waals surface area contributed by atoms with E-state index < -0.39 is 0 Å². The van der Waals surface area contributed by atoms with Gasteiger partial charge in [-0.25, -0.2) is 0 Å². The molecule has 1 atom stereocenters. The summed E-state index contributed by atoms with van der Waals surface area (Å²) in [5.74, 6) is 0.272. The summed E-state index contributed by atoms with van der Waals surface area (Å²) in [5, 5.41) is 2.67. The first-order valence-corrected chi connectivity index (χ1v) is 11.5. The summed E-state index contributed by atoms with van der Waals surface area (Å²) in [6.07, 6.45) is 0.112. The molecule has 0 aliphatic carbocycles. The van der Waals surface area contributed by atoms with Gasteiger partial charge in [0, 0.05) is 17.8 Å². The Balaban J connectivity index is 1.72. The lowest BCUT2D eigenvalue weighted by molar-refractivity contribution is -0.144. The Hall–Kier alpha value is -2.80. The molecule has 0 spiro atoms. The van der Waals surface area contributed by atoms with E-state index >= 15 is 0 Å². The number of ether oxygens (including phenoxy) is 1. The molecule has 2 aromatic carbocycles. The van der Waals surface area contributed by atoms with Gasteiger partial charge in [-0.05, 0) is 48.2 Å². The summed E-state index contributed by atoms with van der Waals surface area (Å²) in [6, 6.07) is 15.6. The van der Waals surface area contributed by atoms with Crippen molar-refractivity contribution in [2.45, 2.75) is 44.9 Å². The van der Waals surface area contributed by atoms with E-state index in [0.717, 1.165) is 11.3 Å². The van der Waals surface area contributed by atoms with Crippen molar-refractivity contribution in [3.8, 4) is 0 Å². The number of hydrogen-bond acceptors (Lipinski definition) is 5. The highest BCUT2D eigenvalue weighted by Crippen LogP contribution is 2.42. The molecule has 0 radical (unpaired) electrons. The number of anilines is 2. The Kier molecular flexibility index (Phi) is 7.74. The molecule has 3 rings (SSSR count). The molecule has 1 aliphatic heterocycles. The quantitative estimate of drug-likeness (QED) is 0.593. The van der Waals surface area contributed by atoms with Crippen molar-refractivity contribution in [1.29, 1.82) is 0 Å². The van der Waals surface area contributed by atoms with Gasteiger partial charge in [0.05, 0.1) is 18.8 Å². The highest BCUT2D eigenvalue weighted by Gasteiger charge is 2.34. The summed E-state index contributed by atoms with van der Waals surface area (Å²) >= 11 is 1.57. The second-order valence-corrected chi connectivity index (χ2v) is 8.72. The molecule has 2 aromatic rings. The van der Waals surface area contributed by atoms with E-state index in [9.17, 15) is 14.4 Å². The first kappa shape index (κ1) is 22.9. The molecular weight excluding hydrogens is 412 g/mol. The van der Waals surface area contributed by atoms with Crippen molar-refractivity contribution < 1.29 is 19.1 Å². The molecule has 1 heterocycles. The van der Waals surface area contributed by atoms with Gasteiger partial charge in [-0.1, -0.05) is 38.1 Å². The number of benzene rings is 2. The predicted molar refractivity (Wildman–Crippen MR) is 124 cm³/mol. The average Bonchev–Trinajstić information content (AvgIpc) is 3.14. The van der Waals surface area contributed by atoms with Crippen LogP contribution in [0.15, 0.2) is 48.5 Å². The summed E-state index contributed by atoms with van der Waals surface area (Å²) in [6.45, 7) is 6.32. The fourth-order valence-corrected chi connectivity index (χ4v) is 4.58. The molecule has 0 saturated carbocycles. The number of rotatable bonds is 8. The number of hydrogen-bond donors (Lipinski definition) is 1. The molecule has 164 valence electrons. The molecule has 1 aliphatic rings. The largest absolute Gasteiger partial charge is 0.466 e. The topological polar surface area (TPSA) is 75.7 Å². The lowest BCUT2D eigenvalue weighted by Gasteiger charge is -2.25. The first-order valence-electron chi connectivity index (χ1n) is 10.5. The third kappa shape index (κ3) is 5.88. The first-order chi connectivity index (χ1) is 14.9. The Morgan fingerprint density at radius 3 is 2.58 bits per heavy atom. The maximum atomic E-state index is 12.6. The number of esters is 1. The van der Waals surface area contributed by atoms with Crippen LogP contribution in [0, 0.1) is 0 Å². The molecule has 0 unspecified atom stereocenters. The third-order valence-electron chi connectivity index (χ3n) is 5.02. The second kappa shape index (κ2) is 10.5. The van der Waals surface area contributed by atoms with Gasteiger partial charge >= 0.3 is 5.97 Å². The van der Waals surface area contributed by atoms with Crippen LogP contribution in [-0.4, -0.2) is 30.1 Å². The Bertz CT molecular complexity index is 943. The normalized spacial score (nSPS) is 15.9. The van der Waals surface area contributed by atoms with E-state index in [1.54, 1.807) is 24.8 Å². The van der Waals surface area contributed by atoms with Crippen LogP contribution in [-0.2, 0) is 19.1 Å². The van der Waals surface area contributed by atoms with E-state index in [1.807, 2.05) is 35.2 Å². The smallest absolute Gasteiger partial charge is 0.306 e. The highest BCUT2D eigenvalue weighted by atomic mass is 32.2. The number of thioether (sulfide) groups is 1. The molecule has 1 fully saturated rings. The van der Waals surface area contributed by atoms with Crippen LogP contribution in [0.2, 0.25) is 0 Å². The van der Waals surface area contributed by atoms with E-state index in [-0.39, 0.29) is 36.0 Å². The SMILES string of the molecule is CCOC(=O)CCC(=O)Nc1cccc([C@H]2SCC(=O)N2c2ccc(C(C)C)cc2)c1. The zero-order chi connectivity index (χ0) is 22.4. The standard InChI is InChI=1S/C24H28N2O4S/c1-4-30-23(29)13-12-21(27)25-19-7-5-6-18(14-19)24-26(22(28)15-31-24)20-10-8-17(9-11-20)16(2)3/h5-11,14,16,24H,4,12-13,15H2,1-3H3,(H,25,27)/t24-/m1/s1. The molecule has 2 amide bonds. The summed E-state index contributed by atoms with van der Waals surface area (Å²) in [7, 11) is 0. The van der Waals surface area contributed by atoms with Crippen LogP contribution >= 0.6 is 11.8 Å². The molecular formula is C24H28N2O4S. The van der Waals surface area contributed by atoms with E-state index in [1.165, 1.54) is 5.56 Å². The summed E-state index contributed by atoms with van der Waals surface area (Å²) in [4.78, 5) is 38.1. The molecule has 6 nitrogen and oxygen atoms in total. The number of nitrogens with zero attached hydrogens (tertiary/aromatic N) is 1. The van der Waals surface area contributed by atoms with Crippen LogP contribution in [0.3, 0.4) is 0 Å². The zero-order valence-electron chi connectivity index (χ0n) is 18.1. The molecule has 1 N–H and O–H groups in total. The Morgan fingerprint density at radius 2 is 1.90 bits per heavy atom. The summed E-state index contributed by atoms with van der Waals surface area (Å²) < 4.78 is 4.85. The predicted octanol–water partition coefficient (Wildman–Crippen LogP) is 4.87. The van der Waals surface area contributed by atoms with Crippen molar-refractivity contribution in [1.82, 2.24) is 0 Å². The molecule has 1 saturated heterocycles. The number of amides is 2. The zero-order valence-corrected chi connectivity index (χ0v) is 18.9. The Morgan fingerprint density at radius 1 is 1.16 bits per heavy atom. The van der Waals surface area contributed by atoms with Crippen molar-refractivity contribution in [2.24, 2.45) is 0 Å². The van der Waals surface area contributed by atoms with Gasteiger partial charge in [0.25, 0.3) is 0 Å². The van der Waals surface area contributed by atoms with Crippen LogP contribution in [0.1, 0.15) is 56.0 Å². The minimum absolute atomic E-state index is 0.0481. The van der Waals surface area contributed by atoms with Gasteiger partial charge in [0.2, 0.25) is 11.8 Å². The maximum Gasteiger partial charge on any atom is 0.306 e. The fraction of sp³-hybridized carbons (Fsp3) is 0.375.